The minimum atomic E-state index is -0.210. The molecule has 13 heavy (non-hydrogen) atoms. The van der Waals surface area contributed by atoms with Crippen LogP contribution in [0.4, 0.5) is 0 Å². The smallest absolute Gasteiger partial charge is 0.238 e. The van der Waals surface area contributed by atoms with Crippen molar-refractivity contribution in [2.75, 3.05) is 0 Å². The van der Waals surface area contributed by atoms with E-state index in [1.165, 1.54) is 0 Å². The number of carbonyl (C=O) groups excluding carboxylic acids is 1. The SMILES string of the molecule is Cl.Cl.Cn1cc(CC(=O)NN)cn1. The van der Waals surface area contributed by atoms with Crippen molar-refractivity contribution >= 4 is 30.7 Å². The summed E-state index contributed by atoms with van der Waals surface area (Å²) in [4.78, 5) is 10.7. The quantitative estimate of drug-likeness (QED) is 0.417. The third-order valence-corrected chi connectivity index (χ3v) is 1.28. The fourth-order valence-electron chi connectivity index (χ4n) is 0.800. The van der Waals surface area contributed by atoms with Gasteiger partial charge in [0.15, 0.2) is 0 Å². The van der Waals surface area contributed by atoms with Crippen LogP contribution >= 0.6 is 24.8 Å². The van der Waals surface area contributed by atoms with Gasteiger partial charge in [-0.3, -0.25) is 14.9 Å². The minimum Gasteiger partial charge on any atom is -0.294 e. The van der Waals surface area contributed by atoms with E-state index in [0.29, 0.717) is 0 Å². The van der Waals surface area contributed by atoms with E-state index in [1.807, 2.05) is 5.43 Å². The highest BCUT2D eigenvalue weighted by Crippen LogP contribution is 1.96. The zero-order chi connectivity index (χ0) is 8.27. The van der Waals surface area contributed by atoms with Crippen LogP contribution < -0.4 is 11.3 Å². The van der Waals surface area contributed by atoms with Crippen molar-refractivity contribution in [2.24, 2.45) is 12.9 Å². The normalized spacial score (nSPS) is 8.15. The lowest BCUT2D eigenvalue weighted by Gasteiger charge is -1.93. The summed E-state index contributed by atoms with van der Waals surface area (Å²) >= 11 is 0. The molecule has 1 heterocycles. The maximum absolute atomic E-state index is 10.7. The van der Waals surface area contributed by atoms with Crippen LogP contribution in [-0.4, -0.2) is 15.7 Å². The van der Waals surface area contributed by atoms with Crippen LogP contribution in [0, 0.1) is 0 Å². The molecule has 7 heteroatoms. The summed E-state index contributed by atoms with van der Waals surface area (Å²) < 4.78 is 1.64. The number of nitrogens with one attached hydrogen (secondary N) is 1. The number of hydrogen-bond donors (Lipinski definition) is 2. The van der Waals surface area contributed by atoms with Crippen LogP contribution in [0.15, 0.2) is 12.4 Å². The van der Waals surface area contributed by atoms with E-state index in [2.05, 4.69) is 5.10 Å². The highest BCUT2D eigenvalue weighted by Gasteiger charge is 2.01. The second-order valence-corrected chi connectivity index (χ2v) is 2.27. The van der Waals surface area contributed by atoms with Gasteiger partial charge >= 0.3 is 0 Å². The van der Waals surface area contributed by atoms with Crippen molar-refractivity contribution in [2.45, 2.75) is 6.42 Å². The van der Waals surface area contributed by atoms with Crippen LogP contribution in [-0.2, 0) is 18.3 Å². The molecule has 0 aromatic carbocycles. The molecule has 0 saturated carbocycles. The van der Waals surface area contributed by atoms with Gasteiger partial charge in [0.25, 0.3) is 0 Å². The number of aryl methyl sites for hydroxylation is 1. The number of hydrogen-bond acceptors (Lipinski definition) is 3. The van der Waals surface area contributed by atoms with Gasteiger partial charge in [-0.2, -0.15) is 5.10 Å². The number of nitrogens with two attached hydrogens (primary N) is 1. The molecule has 0 atom stereocenters. The topological polar surface area (TPSA) is 72.9 Å². The number of hydrazine groups is 1. The maximum atomic E-state index is 10.7. The van der Waals surface area contributed by atoms with E-state index in [-0.39, 0.29) is 37.1 Å². The Kier molecular flexibility index (Phi) is 7.60. The summed E-state index contributed by atoms with van der Waals surface area (Å²) in [5.74, 6) is 4.69. The van der Waals surface area contributed by atoms with Crippen molar-refractivity contribution in [3.05, 3.63) is 18.0 Å². The molecule has 0 saturated heterocycles. The molecule has 1 aromatic heterocycles. The Morgan fingerprint density at radius 1 is 1.69 bits per heavy atom. The summed E-state index contributed by atoms with van der Waals surface area (Å²) in [5.41, 5.74) is 2.90. The van der Waals surface area contributed by atoms with E-state index < -0.39 is 0 Å². The summed E-state index contributed by atoms with van der Waals surface area (Å²) in [7, 11) is 1.80. The molecule has 0 bridgehead atoms. The first kappa shape index (κ1) is 14.7. The van der Waals surface area contributed by atoms with Crippen LogP contribution in [0.1, 0.15) is 5.56 Å². The summed E-state index contributed by atoms with van der Waals surface area (Å²) in [6, 6.07) is 0. The van der Waals surface area contributed by atoms with Crippen molar-refractivity contribution in [1.29, 1.82) is 0 Å². The average Bonchev–Trinajstić information content (AvgIpc) is 2.35. The van der Waals surface area contributed by atoms with Gasteiger partial charge in [0, 0.05) is 13.2 Å². The Hall–Kier alpha value is -0.780. The van der Waals surface area contributed by atoms with Crippen molar-refractivity contribution in [3.63, 3.8) is 0 Å². The van der Waals surface area contributed by atoms with Gasteiger partial charge in [0.2, 0.25) is 5.91 Å². The van der Waals surface area contributed by atoms with Crippen LogP contribution in [0.3, 0.4) is 0 Å². The van der Waals surface area contributed by atoms with E-state index in [9.17, 15) is 4.79 Å². The fourth-order valence-corrected chi connectivity index (χ4v) is 0.800. The van der Waals surface area contributed by atoms with Crippen LogP contribution in [0.2, 0.25) is 0 Å². The highest BCUT2D eigenvalue weighted by atomic mass is 35.5. The first-order valence-corrected chi connectivity index (χ1v) is 3.19. The first-order valence-electron chi connectivity index (χ1n) is 3.19. The lowest BCUT2D eigenvalue weighted by molar-refractivity contribution is -0.120. The third-order valence-electron chi connectivity index (χ3n) is 1.28. The fraction of sp³-hybridized carbons (Fsp3) is 0.333. The van der Waals surface area contributed by atoms with Crippen molar-refractivity contribution < 1.29 is 4.79 Å². The zero-order valence-electron chi connectivity index (χ0n) is 7.06. The number of amides is 1. The average molecular weight is 227 g/mol. The molecule has 0 fully saturated rings. The van der Waals surface area contributed by atoms with E-state index >= 15 is 0 Å². The van der Waals surface area contributed by atoms with Crippen LogP contribution in [0.25, 0.3) is 0 Å². The Morgan fingerprint density at radius 2 is 2.31 bits per heavy atom. The molecule has 3 N–H and O–H groups in total. The van der Waals surface area contributed by atoms with Gasteiger partial charge < -0.3 is 0 Å². The number of rotatable bonds is 2. The molecule has 0 aliphatic rings. The predicted molar refractivity (Wildman–Crippen MR) is 53.7 cm³/mol. The van der Waals surface area contributed by atoms with Gasteiger partial charge in [-0.05, 0) is 5.56 Å². The Labute approximate surface area is 88.5 Å². The number of carbonyl (C=O) groups is 1. The number of nitrogens with zero attached hydrogens (tertiary/aromatic N) is 2. The second kappa shape index (κ2) is 6.71. The lowest BCUT2D eigenvalue weighted by Crippen LogP contribution is -2.31. The minimum absolute atomic E-state index is 0. The van der Waals surface area contributed by atoms with Crippen LogP contribution in [0.5, 0.6) is 0 Å². The Balaban J connectivity index is 0. The molecule has 1 amide bonds. The Morgan fingerprint density at radius 3 is 2.69 bits per heavy atom. The largest absolute Gasteiger partial charge is 0.294 e. The molecule has 76 valence electrons. The van der Waals surface area contributed by atoms with Gasteiger partial charge in [0.05, 0.1) is 12.6 Å². The van der Waals surface area contributed by atoms with Gasteiger partial charge in [0.1, 0.15) is 0 Å². The predicted octanol–water partition coefficient (Wildman–Crippen LogP) is -0.204. The van der Waals surface area contributed by atoms with Crippen molar-refractivity contribution in [3.8, 4) is 0 Å². The first-order chi connectivity index (χ1) is 5.22. The molecule has 1 aromatic rings. The molecule has 0 spiro atoms. The number of halogens is 2. The van der Waals surface area contributed by atoms with E-state index in [0.717, 1.165) is 5.56 Å². The maximum Gasteiger partial charge on any atom is 0.238 e. The molecule has 0 unspecified atom stereocenters. The standard InChI is InChI=1S/C6H10N4O.2ClH/c1-10-4-5(3-8-10)2-6(11)9-7;;/h3-4H,2,7H2,1H3,(H,9,11);2*1H. The Bertz CT molecular complexity index is 263. The molecule has 5 nitrogen and oxygen atoms in total. The molecular formula is C6H12Cl2N4O. The summed E-state index contributed by atoms with van der Waals surface area (Å²) in [6.07, 6.45) is 3.69. The molecular weight excluding hydrogens is 215 g/mol. The molecule has 0 aliphatic heterocycles. The van der Waals surface area contributed by atoms with E-state index in [4.69, 9.17) is 5.84 Å². The molecule has 0 aliphatic carbocycles. The molecule has 0 radical (unpaired) electrons. The highest BCUT2D eigenvalue weighted by molar-refractivity contribution is 5.85. The summed E-state index contributed by atoms with van der Waals surface area (Å²) in [5, 5.41) is 3.90. The molecule has 1 rings (SSSR count). The van der Waals surface area contributed by atoms with Gasteiger partial charge in [-0.1, -0.05) is 0 Å². The third kappa shape index (κ3) is 4.72. The monoisotopic (exact) mass is 226 g/mol. The van der Waals surface area contributed by atoms with E-state index in [1.54, 1.807) is 24.1 Å². The zero-order valence-corrected chi connectivity index (χ0v) is 8.69. The second-order valence-electron chi connectivity index (χ2n) is 2.27. The van der Waals surface area contributed by atoms with Gasteiger partial charge in [-0.15, -0.1) is 24.8 Å². The van der Waals surface area contributed by atoms with Crippen molar-refractivity contribution in [1.82, 2.24) is 15.2 Å². The summed E-state index contributed by atoms with van der Waals surface area (Å²) in [6.45, 7) is 0. The number of aromatic nitrogens is 2. The van der Waals surface area contributed by atoms with Gasteiger partial charge in [-0.25, -0.2) is 5.84 Å². The lowest BCUT2D eigenvalue weighted by atomic mass is 10.2.